The molecular formula is C26H28ClN3O4S. The first-order chi connectivity index (χ1) is 16.9. The molecule has 3 aromatic rings. The molecule has 0 fully saturated rings. The second-order valence-corrected chi connectivity index (χ2v) is 10.2. The molecule has 1 aliphatic heterocycles. The van der Waals surface area contributed by atoms with E-state index in [1.807, 2.05) is 36.4 Å². The molecule has 4 rings (SSSR count). The molecule has 0 spiro atoms. The summed E-state index contributed by atoms with van der Waals surface area (Å²) in [6.07, 6.45) is 1.48. The van der Waals surface area contributed by atoms with Crippen molar-refractivity contribution in [3.63, 3.8) is 0 Å². The number of carbonyl (C=O) groups excluding carboxylic acids is 2. The fourth-order valence-electron chi connectivity index (χ4n) is 3.97. The van der Waals surface area contributed by atoms with Crippen LogP contribution < -0.4 is 20.1 Å². The lowest BCUT2D eigenvalue weighted by molar-refractivity contribution is -0.118. The Labute approximate surface area is 214 Å². The average Bonchev–Trinajstić information content (AvgIpc) is 3.16. The van der Waals surface area contributed by atoms with Crippen molar-refractivity contribution < 1.29 is 19.1 Å². The van der Waals surface area contributed by atoms with Crippen LogP contribution in [0.3, 0.4) is 0 Å². The number of carbonyl (C=O) groups is 2. The molecule has 184 valence electrons. The van der Waals surface area contributed by atoms with Crippen LogP contribution in [0, 0.1) is 0 Å². The summed E-state index contributed by atoms with van der Waals surface area (Å²) in [6.45, 7) is 1.99. The molecular weight excluding hydrogens is 486 g/mol. The van der Waals surface area contributed by atoms with Crippen LogP contribution in [-0.2, 0) is 24.1 Å². The number of hydrogen-bond donors (Lipinski definition) is 2. The Morgan fingerprint density at radius 3 is 2.49 bits per heavy atom. The molecule has 0 saturated carbocycles. The molecule has 9 heteroatoms. The number of rotatable bonds is 7. The molecule has 2 N–H and O–H groups in total. The summed E-state index contributed by atoms with van der Waals surface area (Å²) in [4.78, 5) is 28.2. The van der Waals surface area contributed by atoms with Gasteiger partial charge in [0.2, 0.25) is 5.91 Å². The van der Waals surface area contributed by atoms with Crippen molar-refractivity contribution in [3.05, 3.63) is 75.6 Å². The predicted molar refractivity (Wildman–Crippen MR) is 139 cm³/mol. The van der Waals surface area contributed by atoms with E-state index in [0.29, 0.717) is 20.8 Å². The molecule has 1 aliphatic rings. The number of benzene rings is 2. The second kappa shape index (κ2) is 11.6. The van der Waals surface area contributed by atoms with Crippen LogP contribution in [0.5, 0.6) is 10.8 Å². The van der Waals surface area contributed by atoms with Crippen molar-refractivity contribution in [2.24, 2.45) is 0 Å². The third-order valence-corrected chi connectivity index (χ3v) is 7.06. The first kappa shape index (κ1) is 25.0. The zero-order valence-electron chi connectivity index (χ0n) is 19.7. The zero-order valence-corrected chi connectivity index (χ0v) is 21.2. The van der Waals surface area contributed by atoms with E-state index >= 15 is 0 Å². The number of ether oxygens (including phenoxy) is 2. The Balaban J connectivity index is 1.48. The molecule has 1 atom stereocenters. The van der Waals surface area contributed by atoms with E-state index in [0.717, 1.165) is 42.8 Å². The van der Waals surface area contributed by atoms with Gasteiger partial charge in [0.15, 0.2) is 5.06 Å². The molecule has 2 amide bonds. The Bertz CT molecular complexity index is 1180. The first-order valence-corrected chi connectivity index (χ1v) is 12.6. The topological polar surface area (TPSA) is 79.9 Å². The maximum absolute atomic E-state index is 13.3. The fraction of sp³-hybridized carbons (Fsp3) is 0.308. The summed E-state index contributed by atoms with van der Waals surface area (Å²) in [6, 6.07) is 15.8. The number of halogens is 1. The Morgan fingerprint density at radius 2 is 1.80 bits per heavy atom. The number of thiophene rings is 1. The van der Waals surface area contributed by atoms with Gasteiger partial charge in [-0.1, -0.05) is 41.1 Å². The van der Waals surface area contributed by atoms with Gasteiger partial charge in [-0.15, -0.1) is 0 Å². The van der Waals surface area contributed by atoms with E-state index in [2.05, 4.69) is 28.6 Å². The van der Waals surface area contributed by atoms with Crippen LogP contribution in [-0.4, -0.2) is 50.2 Å². The lowest BCUT2D eigenvalue weighted by atomic mass is 10.0. The predicted octanol–water partition coefficient (Wildman–Crippen LogP) is 4.78. The molecule has 1 aromatic heterocycles. The van der Waals surface area contributed by atoms with Gasteiger partial charge in [-0.25, -0.2) is 4.79 Å². The fourth-order valence-corrected chi connectivity index (χ4v) is 4.84. The summed E-state index contributed by atoms with van der Waals surface area (Å²) in [5, 5.41) is 6.03. The number of methoxy groups -OCH3 is 1. The van der Waals surface area contributed by atoms with E-state index in [9.17, 15) is 9.59 Å². The number of nitrogens with one attached hydrogen (secondary N) is 2. The van der Waals surface area contributed by atoms with Crippen LogP contribution in [0.2, 0.25) is 4.34 Å². The summed E-state index contributed by atoms with van der Waals surface area (Å²) < 4.78 is 11.0. The molecule has 1 unspecified atom stereocenters. The van der Waals surface area contributed by atoms with Gasteiger partial charge >= 0.3 is 6.09 Å². The largest absolute Gasteiger partial charge is 0.497 e. The quantitative estimate of drug-likeness (QED) is 0.475. The number of fused-ring (bicyclic) bond motifs is 1. The Morgan fingerprint density at radius 1 is 1.06 bits per heavy atom. The van der Waals surface area contributed by atoms with Gasteiger partial charge in [0, 0.05) is 25.2 Å². The molecule has 0 radical (unpaired) electrons. The van der Waals surface area contributed by atoms with E-state index in [1.54, 1.807) is 19.2 Å². The van der Waals surface area contributed by atoms with Crippen LogP contribution in [0.4, 0.5) is 10.5 Å². The number of amides is 2. The smallest absolute Gasteiger partial charge is 0.414 e. The van der Waals surface area contributed by atoms with Crippen molar-refractivity contribution >= 4 is 40.6 Å². The molecule has 0 saturated heterocycles. The highest BCUT2D eigenvalue weighted by atomic mass is 35.5. The van der Waals surface area contributed by atoms with Gasteiger partial charge in [0.25, 0.3) is 0 Å². The van der Waals surface area contributed by atoms with Crippen molar-refractivity contribution in [1.29, 1.82) is 0 Å². The van der Waals surface area contributed by atoms with E-state index in [1.165, 1.54) is 11.1 Å². The van der Waals surface area contributed by atoms with Gasteiger partial charge in [-0.2, -0.15) is 0 Å². The van der Waals surface area contributed by atoms with Crippen molar-refractivity contribution in [3.8, 4) is 10.8 Å². The van der Waals surface area contributed by atoms with Gasteiger partial charge in [0.1, 0.15) is 11.8 Å². The third kappa shape index (κ3) is 6.97. The second-order valence-electron chi connectivity index (χ2n) is 8.47. The standard InChI is InChI=1S/C26H28ClN3O4S/c1-30-13-11-18-5-6-20(16-19(18)12-14-30)28-25(31)22(15-17-3-7-21(33-2)8-4-17)29-26(32)34-24-10-9-23(27)35-24/h3-10,16,22H,11-15H2,1-2H3,(H,28,31)(H,29,32). The van der Waals surface area contributed by atoms with Crippen LogP contribution in [0.1, 0.15) is 16.7 Å². The zero-order chi connectivity index (χ0) is 24.8. The third-order valence-electron chi connectivity index (χ3n) is 5.95. The summed E-state index contributed by atoms with van der Waals surface area (Å²) >= 11 is 7.06. The average molecular weight is 514 g/mol. The summed E-state index contributed by atoms with van der Waals surface area (Å²) in [7, 11) is 3.71. The first-order valence-electron chi connectivity index (χ1n) is 11.4. The van der Waals surface area contributed by atoms with Gasteiger partial charge in [-0.3, -0.25) is 4.79 Å². The molecule has 7 nitrogen and oxygen atoms in total. The number of anilines is 1. The van der Waals surface area contributed by atoms with Crippen LogP contribution in [0.15, 0.2) is 54.6 Å². The van der Waals surface area contributed by atoms with E-state index < -0.39 is 12.1 Å². The molecule has 2 heterocycles. The molecule has 0 aliphatic carbocycles. The SMILES string of the molecule is COc1ccc(CC(NC(=O)Oc2ccc(Cl)s2)C(=O)Nc2ccc3c(c2)CCN(C)CC3)cc1. The van der Waals surface area contributed by atoms with Crippen molar-refractivity contribution in [2.75, 3.05) is 32.6 Å². The van der Waals surface area contributed by atoms with Crippen LogP contribution >= 0.6 is 22.9 Å². The normalized spacial score (nSPS) is 14.4. The molecule has 35 heavy (non-hydrogen) atoms. The molecule has 0 bridgehead atoms. The minimum atomic E-state index is -0.851. The minimum Gasteiger partial charge on any atom is -0.497 e. The lowest BCUT2D eigenvalue weighted by Gasteiger charge is -2.19. The molecule has 2 aromatic carbocycles. The van der Waals surface area contributed by atoms with Crippen LogP contribution in [0.25, 0.3) is 0 Å². The monoisotopic (exact) mass is 513 g/mol. The maximum Gasteiger partial charge on any atom is 0.414 e. The Hall–Kier alpha value is -3.07. The highest BCUT2D eigenvalue weighted by Gasteiger charge is 2.23. The van der Waals surface area contributed by atoms with Gasteiger partial charge in [-0.05, 0) is 73.0 Å². The summed E-state index contributed by atoms with van der Waals surface area (Å²) in [5.74, 6) is 0.389. The summed E-state index contributed by atoms with van der Waals surface area (Å²) in [5.41, 5.74) is 4.12. The Kier molecular flexibility index (Phi) is 8.28. The number of likely N-dealkylation sites (N-methyl/N-ethyl adjacent to an activating group) is 1. The highest BCUT2D eigenvalue weighted by Crippen LogP contribution is 2.28. The van der Waals surface area contributed by atoms with E-state index in [4.69, 9.17) is 21.1 Å². The highest BCUT2D eigenvalue weighted by molar-refractivity contribution is 7.17. The van der Waals surface area contributed by atoms with Gasteiger partial charge in [0.05, 0.1) is 11.4 Å². The van der Waals surface area contributed by atoms with Crippen molar-refractivity contribution in [2.45, 2.75) is 25.3 Å². The van der Waals surface area contributed by atoms with Crippen molar-refractivity contribution in [1.82, 2.24) is 10.2 Å². The maximum atomic E-state index is 13.3. The lowest BCUT2D eigenvalue weighted by Crippen LogP contribution is -2.46. The minimum absolute atomic E-state index is 0.284. The van der Waals surface area contributed by atoms with E-state index in [-0.39, 0.29) is 12.3 Å². The number of hydrogen-bond acceptors (Lipinski definition) is 6. The van der Waals surface area contributed by atoms with Gasteiger partial charge < -0.3 is 25.0 Å². The number of nitrogens with zero attached hydrogens (tertiary/aromatic N) is 1.